The first-order chi connectivity index (χ1) is 44.3. The number of nitrogens with one attached hydrogen (secondary N) is 1. The van der Waals surface area contributed by atoms with E-state index in [9.17, 15) is 61.0 Å². The molecular formula is C72H127NO18. The molecule has 0 aromatic rings. The molecule has 0 radical (unpaired) electrons. The van der Waals surface area contributed by atoms with Gasteiger partial charge in [0.15, 0.2) is 18.9 Å². The van der Waals surface area contributed by atoms with Crippen LogP contribution in [0.25, 0.3) is 0 Å². The Hall–Kier alpha value is -2.77. The van der Waals surface area contributed by atoms with Gasteiger partial charge in [0.2, 0.25) is 5.91 Å². The standard InChI is InChI=1S/C72H127NO18/c1-3-5-7-9-11-12-13-14-15-16-17-18-19-20-21-22-23-24-25-26-27-28-29-30-31-32-33-34-35-36-37-38-39-40-41-42-44-46-48-50-60(78)73-55(56(77)49-47-45-43-10-8-6-4-2)54-86-70-66(84)63(81)68(58(52-75)88-70)91-72-67(85)64(82)69(59(53-76)89-72)90-71-65(83)62(80)61(79)57(51-74)87-71/h5,7-8,10-12,14-15,17-18,47,49,55-59,61-72,74-77,79-85H,3-4,6,9,13,16,19-46,48,50-54H2,1-2H3,(H,73,78)/b7-5-,10-8+,12-11-,15-14-,18-17-,49-47+. The number of rotatable bonds is 54. The number of hydrogen-bond acceptors (Lipinski definition) is 18. The highest BCUT2D eigenvalue weighted by Gasteiger charge is 2.53. The first-order valence-electron chi connectivity index (χ1n) is 35.7. The van der Waals surface area contributed by atoms with Crippen LogP contribution < -0.4 is 5.32 Å². The van der Waals surface area contributed by atoms with Gasteiger partial charge < -0.3 is 89.9 Å². The minimum Gasteiger partial charge on any atom is -0.394 e. The normalized spacial score (nSPS) is 28.3. The monoisotopic (exact) mass is 1290 g/mol. The van der Waals surface area contributed by atoms with E-state index in [0.717, 1.165) is 64.2 Å². The van der Waals surface area contributed by atoms with E-state index in [1.807, 2.05) is 6.08 Å². The van der Waals surface area contributed by atoms with Gasteiger partial charge in [-0.15, -0.1) is 0 Å². The summed E-state index contributed by atoms with van der Waals surface area (Å²) in [4.78, 5) is 13.3. The number of carbonyl (C=O) groups excluding carboxylic acids is 1. The molecule has 0 bridgehead atoms. The van der Waals surface area contributed by atoms with Crippen LogP contribution in [0, 0.1) is 0 Å². The Kier molecular flexibility index (Phi) is 48.4. The lowest BCUT2D eigenvalue weighted by Gasteiger charge is -2.48. The molecule has 528 valence electrons. The zero-order chi connectivity index (χ0) is 66.1. The summed E-state index contributed by atoms with van der Waals surface area (Å²) in [6, 6.07) is -0.987. The van der Waals surface area contributed by atoms with Gasteiger partial charge in [-0.1, -0.05) is 247 Å². The van der Waals surface area contributed by atoms with Gasteiger partial charge in [0, 0.05) is 6.42 Å². The van der Waals surface area contributed by atoms with E-state index < -0.39 is 124 Å². The lowest BCUT2D eigenvalue weighted by molar-refractivity contribution is -0.379. The highest BCUT2D eigenvalue weighted by atomic mass is 16.8. The van der Waals surface area contributed by atoms with E-state index in [-0.39, 0.29) is 18.9 Å². The van der Waals surface area contributed by atoms with Crippen molar-refractivity contribution in [2.75, 3.05) is 26.4 Å². The van der Waals surface area contributed by atoms with Crippen molar-refractivity contribution in [1.82, 2.24) is 5.32 Å². The average Bonchev–Trinajstić information content (AvgIpc) is 1.40. The second-order valence-electron chi connectivity index (χ2n) is 25.3. The molecule has 1 amide bonds. The number of ether oxygens (including phenoxy) is 6. The highest BCUT2D eigenvalue weighted by Crippen LogP contribution is 2.33. The summed E-state index contributed by atoms with van der Waals surface area (Å²) in [5.74, 6) is -0.288. The quantitative estimate of drug-likeness (QED) is 0.0199. The molecule has 3 fully saturated rings. The molecule has 3 aliphatic rings. The topological polar surface area (TPSA) is 307 Å². The van der Waals surface area contributed by atoms with Crippen molar-refractivity contribution in [2.24, 2.45) is 0 Å². The Morgan fingerprint density at radius 3 is 1.22 bits per heavy atom. The van der Waals surface area contributed by atoms with Crippen molar-refractivity contribution >= 4 is 5.91 Å². The Labute approximate surface area is 547 Å². The number of allylic oxidation sites excluding steroid dienone is 11. The molecule has 3 heterocycles. The van der Waals surface area contributed by atoms with Crippen molar-refractivity contribution in [3.8, 4) is 0 Å². The van der Waals surface area contributed by atoms with Crippen molar-refractivity contribution in [3.63, 3.8) is 0 Å². The van der Waals surface area contributed by atoms with Crippen LogP contribution in [-0.2, 0) is 33.2 Å². The van der Waals surface area contributed by atoms with Crippen LogP contribution >= 0.6 is 0 Å². The lowest BCUT2D eigenvalue weighted by Crippen LogP contribution is -2.66. The molecule has 12 N–H and O–H groups in total. The van der Waals surface area contributed by atoms with Gasteiger partial charge in [0.25, 0.3) is 0 Å². The van der Waals surface area contributed by atoms with Crippen molar-refractivity contribution in [2.45, 2.75) is 349 Å². The minimum atomic E-state index is -1.98. The maximum atomic E-state index is 13.3. The lowest BCUT2D eigenvalue weighted by atomic mass is 9.96. The number of unbranched alkanes of at least 4 members (excludes halogenated alkanes) is 28. The molecule has 0 spiro atoms. The Bertz CT molecular complexity index is 1930. The Morgan fingerprint density at radius 1 is 0.407 bits per heavy atom. The predicted molar refractivity (Wildman–Crippen MR) is 355 cm³/mol. The first kappa shape index (κ1) is 82.5. The summed E-state index contributed by atoms with van der Waals surface area (Å²) in [5.41, 5.74) is 0. The van der Waals surface area contributed by atoms with E-state index in [0.29, 0.717) is 12.8 Å². The van der Waals surface area contributed by atoms with Gasteiger partial charge in [0.05, 0.1) is 38.6 Å². The van der Waals surface area contributed by atoms with Gasteiger partial charge in [0.1, 0.15) is 73.2 Å². The van der Waals surface area contributed by atoms with Crippen LogP contribution in [0.5, 0.6) is 0 Å². The van der Waals surface area contributed by atoms with Gasteiger partial charge in [-0.2, -0.15) is 0 Å². The van der Waals surface area contributed by atoms with Crippen LogP contribution in [0.3, 0.4) is 0 Å². The molecule has 17 atom stereocenters. The second-order valence-corrected chi connectivity index (χ2v) is 25.3. The second kappa shape index (κ2) is 53.4. The van der Waals surface area contributed by atoms with Crippen LogP contribution in [0.4, 0.5) is 0 Å². The molecule has 19 heteroatoms. The summed E-state index contributed by atoms with van der Waals surface area (Å²) >= 11 is 0. The molecule has 0 saturated carbocycles. The third-order valence-corrected chi connectivity index (χ3v) is 17.5. The van der Waals surface area contributed by atoms with Gasteiger partial charge in [-0.3, -0.25) is 4.79 Å². The summed E-state index contributed by atoms with van der Waals surface area (Å²) < 4.78 is 34.2. The van der Waals surface area contributed by atoms with E-state index in [4.69, 9.17) is 28.4 Å². The van der Waals surface area contributed by atoms with E-state index in [1.165, 1.54) is 148 Å². The molecule has 0 aromatic carbocycles. The SMILES string of the molecule is CC/C=C\C/C=C\C/C=C\C/C=C\CCCCCCCCCCCCCCCCCCCCCCCCCCCCC(=O)NC(COC1OC(CO)C(OC2OC(CO)C(OC3OC(CO)C(O)C(O)C3O)C(O)C2O)C(O)C1O)C(O)/C=C/CC/C=C/CCC. The van der Waals surface area contributed by atoms with E-state index >= 15 is 0 Å². The number of amides is 1. The molecule has 19 nitrogen and oxygen atoms in total. The van der Waals surface area contributed by atoms with E-state index in [1.54, 1.807) is 6.08 Å². The van der Waals surface area contributed by atoms with Gasteiger partial charge in [-0.25, -0.2) is 0 Å². The summed E-state index contributed by atoms with van der Waals surface area (Å²) in [7, 11) is 0. The fraction of sp³-hybridized carbons (Fsp3) is 0.819. The molecule has 0 aromatic heterocycles. The smallest absolute Gasteiger partial charge is 0.220 e. The first-order valence-corrected chi connectivity index (χ1v) is 35.7. The van der Waals surface area contributed by atoms with Crippen LogP contribution in [0.1, 0.15) is 245 Å². The summed E-state index contributed by atoms with van der Waals surface area (Å²) in [6.07, 6.45) is 41.3. The van der Waals surface area contributed by atoms with E-state index in [2.05, 4.69) is 79.9 Å². The third kappa shape index (κ3) is 35.2. The van der Waals surface area contributed by atoms with Crippen molar-refractivity contribution in [3.05, 3.63) is 72.9 Å². The maximum absolute atomic E-state index is 13.3. The van der Waals surface area contributed by atoms with Crippen LogP contribution in [-0.4, -0.2) is 193 Å². The molecular weight excluding hydrogens is 1170 g/mol. The molecule has 3 saturated heterocycles. The van der Waals surface area contributed by atoms with Crippen LogP contribution in [0.15, 0.2) is 72.9 Å². The molecule has 3 aliphatic heterocycles. The van der Waals surface area contributed by atoms with Gasteiger partial charge in [-0.05, 0) is 64.2 Å². The molecule has 17 unspecified atom stereocenters. The highest BCUT2D eigenvalue weighted by molar-refractivity contribution is 5.76. The zero-order valence-corrected chi connectivity index (χ0v) is 55.8. The largest absolute Gasteiger partial charge is 0.394 e. The molecule has 3 rings (SSSR count). The number of aliphatic hydroxyl groups excluding tert-OH is 11. The zero-order valence-electron chi connectivity index (χ0n) is 55.8. The molecule has 0 aliphatic carbocycles. The number of aliphatic hydroxyl groups is 11. The summed E-state index contributed by atoms with van der Waals surface area (Å²) in [6.45, 7) is 1.47. The molecule has 91 heavy (non-hydrogen) atoms. The Morgan fingerprint density at radius 2 is 0.769 bits per heavy atom. The Balaban J connectivity index is 1.24. The number of hydrogen-bond donors (Lipinski definition) is 12. The van der Waals surface area contributed by atoms with Crippen molar-refractivity contribution < 1.29 is 89.4 Å². The third-order valence-electron chi connectivity index (χ3n) is 17.5. The summed E-state index contributed by atoms with van der Waals surface area (Å²) in [5, 5.41) is 120. The van der Waals surface area contributed by atoms with Crippen LogP contribution in [0.2, 0.25) is 0 Å². The predicted octanol–water partition coefficient (Wildman–Crippen LogP) is 9.72. The average molecular weight is 1290 g/mol. The fourth-order valence-electron chi connectivity index (χ4n) is 11.7. The minimum absolute atomic E-state index is 0.236. The van der Waals surface area contributed by atoms with Crippen molar-refractivity contribution in [1.29, 1.82) is 0 Å². The number of carbonyl (C=O) groups is 1. The fourth-order valence-corrected chi connectivity index (χ4v) is 11.7. The van der Waals surface area contributed by atoms with Gasteiger partial charge >= 0.3 is 0 Å². The maximum Gasteiger partial charge on any atom is 0.220 e.